The number of hydrogen-bond donors (Lipinski definition) is 1. The van der Waals surface area contributed by atoms with E-state index < -0.39 is 0 Å². The SMILES string of the molecule is CC(C)COC(=O)N1CCCC(CNC(C)C)C1. The molecule has 1 fully saturated rings. The van der Waals surface area contributed by atoms with E-state index in [0.29, 0.717) is 24.5 Å². The van der Waals surface area contributed by atoms with Gasteiger partial charge in [-0.2, -0.15) is 0 Å². The summed E-state index contributed by atoms with van der Waals surface area (Å²) in [7, 11) is 0. The molecule has 0 aromatic heterocycles. The van der Waals surface area contributed by atoms with Gasteiger partial charge in [0.05, 0.1) is 6.61 Å². The van der Waals surface area contributed by atoms with E-state index in [9.17, 15) is 4.79 Å². The first-order valence-corrected chi connectivity index (χ1v) is 7.14. The Kier molecular flexibility index (Phi) is 6.47. The molecule has 0 aromatic rings. The van der Waals surface area contributed by atoms with Crippen LogP contribution in [-0.4, -0.2) is 43.3 Å². The Labute approximate surface area is 111 Å². The van der Waals surface area contributed by atoms with Gasteiger partial charge in [-0.25, -0.2) is 4.79 Å². The van der Waals surface area contributed by atoms with Gasteiger partial charge in [0.2, 0.25) is 0 Å². The molecule has 0 spiro atoms. The molecule has 1 amide bonds. The van der Waals surface area contributed by atoms with Crippen molar-refractivity contribution in [1.82, 2.24) is 10.2 Å². The summed E-state index contributed by atoms with van der Waals surface area (Å²) >= 11 is 0. The van der Waals surface area contributed by atoms with E-state index in [1.807, 2.05) is 4.90 Å². The number of carbonyl (C=O) groups excluding carboxylic acids is 1. The first kappa shape index (κ1) is 15.3. The molecule has 0 saturated carbocycles. The van der Waals surface area contributed by atoms with Crippen molar-refractivity contribution in [3.8, 4) is 0 Å². The first-order chi connectivity index (χ1) is 8.49. The summed E-state index contributed by atoms with van der Waals surface area (Å²) in [6.07, 6.45) is 2.15. The molecule has 1 rings (SSSR count). The molecule has 4 heteroatoms. The summed E-state index contributed by atoms with van der Waals surface area (Å²) < 4.78 is 5.28. The molecule has 1 aliphatic heterocycles. The van der Waals surface area contributed by atoms with Crippen LogP contribution in [0.3, 0.4) is 0 Å². The van der Waals surface area contributed by atoms with Gasteiger partial charge in [-0.05, 0) is 31.2 Å². The minimum atomic E-state index is -0.141. The van der Waals surface area contributed by atoms with Crippen LogP contribution in [0.1, 0.15) is 40.5 Å². The summed E-state index contributed by atoms with van der Waals surface area (Å²) in [5, 5.41) is 3.45. The largest absolute Gasteiger partial charge is 0.449 e. The fraction of sp³-hybridized carbons (Fsp3) is 0.929. The monoisotopic (exact) mass is 256 g/mol. The molecule has 4 nitrogen and oxygen atoms in total. The second-order valence-electron chi connectivity index (χ2n) is 5.99. The summed E-state index contributed by atoms with van der Waals surface area (Å²) in [5.41, 5.74) is 0. The van der Waals surface area contributed by atoms with Crippen LogP contribution in [-0.2, 0) is 4.74 Å². The lowest BCUT2D eigenvalue weighted by molar-refractivity contribution is 0.0757. The van der Waals surface area contributed by atoms with Crippen LogP contribution >= 0.6 is 0 Å². The van der Waals surface area contributed by atoms with Crippen LogP contribution in [0, 0.1) is 11.8 Å². The third-order valence-corrected chi connectivity index (χ3v) is 3.13. The van der Waals surface area contributed by atoms with Gasteiger partial charge in [0.1, 0.15) is 0 Å². The first-order valence-electron chi connectivity index (χ1n) is 7.14. The van der Waals surface area contributed by atoms with Crippen LogP contribution in [0.2, 0.25) is 0 Å². The predicted octanol–water partition coefficient (Wildman–Crippen LogP) is 2.49. The Morgan fingerprint density at radius 2 is 2.11 bits per heavy atom. The van der Waals surface area contributed by atoms with Crippen molar-refractivity contribution in [2.24, 2.45) is 11.8 Å². The number of nitrogens with zero attached hydrogens (tertiary/aromatic N) is 1. The van der Waals surface area contributed by atoms with Crippen LogP contribution in [0.5, 0.6) is 0 Å². The van der Waals surface area contributed by atoms with Gasteiger partial charge in [0.15, 0.2) is 0 Å². The zero-order valence-corrected chi connectivity index (χ0v) is 12.2. The number of likely N-dealkylation sites (tertiary alicyclic amines) is 1. The van der Waals surface area contributed by atoms with E-state index in [1.165, 1.54) is 6.42 Å². The second-order valence-corrected chi connectivity index (χ2v) is 5.99. The van der Waals surface area contributed by atoms with E-state index in [-0.39, 0.29) is 6.09 Å². The highest BCUT2D eigenvalue weighted by molar-refractivity contribution is 5.67. The molecule has 0 bridgehead atoms. The van der Waals surface area contributed by atoms with Crippen molar-refractivity contribution in [3.63, 3.8) is 0 Å². The lowest BCUT2D eigenvalue weighted by Gasteiger charge is -2.32. The lowest BCUT2D eigenvalue weighted by atomic mass is 9.98. The smallest absolute Gasteiger partial charge is 0.409 e. The highest BCUT2D eigenvalue weighted by Gasteiger charge is 2.24. The van der Waals surface area contributed by atoms with E-state index in [0.717, 1.165) is 26.1 Å². The van der Waals surface area contributed by atoms with Gasteiger partial charge in [-0.3, -0.25) is 0 Å². The number of amides is 1. The van der Waals surface area contributed by atoms with E-state index in [4.69, 9.17) is 4.74 Å². The molecular formula is C14H28N2O2. The summed E-state index contributed by atoms with van der Waals surface area (Å²) in [6, 6.07) is 0.508. The Morgan fingerprint density at radius 1 is 1.39 bits per heavy atom. The van der Waals surface area contributed by atoms with E-state index in [2.05, 4.69) is 33.0 Å². The van der Waals surface area contributed by atoms with Crippen molar-refractivity contribution in [2.45, 2.75) is 46.6 Å². The molecule has 1 N–H and O–H groups in total. The number of piperidine rings is 1. The van der Waals surface area contributed by atoms with Gasteiger partial charge in [0, 0.05) is 19.1 Å². The Hall–Kier alpha value is -0.770. The minimum absolute atomic E-state index is 0.141. The van der Waals surface area contributed by atoms with Crippen molar-refractivity contribution < 1.29 is 9.53 Å². The number of carbonyl (C=O) groups is 1. The number of nitrogens with one attached hydrogen (secondary N) is 1. The fourth-order valence-corrected chi connectivity index (χ4v) is 2.13. The molecular weight excluding hydrogens is 228 g/mol. The summed E-state index contributed by atoms with van der Waals surface area (Å²) in [6.45, 7) is 11.6. The molecule has 1 heterocycles. The summed E-state index contributed by atoms with van der Waals surface area (Å²) in [4.78, 5) is 13.7. The zero-order valence-electron chi connectivity index (χ0n) is 12.2. The maximum Gasteiger partial charge on any atom is 0.409 e. The van der Waals surface area contributed by atoms with E-state index in [1.54, 1.807) is 0 Å². The van der Waals surface area contributed by atoms with Crippen molar-refractivity contribution in [2.75, 3.05) is 26.2 Å². The standard InChI is InChI=1S/C14H28N2O2/c1-11(2)10-18-14(17)16-7-5-6-13(9-16)8-15-12(3)4/h11-13,15H,5-10H2,1-4H3. The highest BCUT2D eigenvalue weighted by Crippen LogP contribution is 2.16. The topological polar surface area (TPSA) is 41.6 Å². The van der Waals surface area contributed by atoms with Crippen molar-refractivity contribution >= 4 is 6.09 Å². The lowest BCUT2D eigenvalue weighted by Crippen LogP contribution is -2.44. The highest BCUT2D eigenvalue weighted by atomic mass is 16.6. The Balaban J connectivity index is 2.31. The molecule has 0 aromatic carbocycles. The van der Waals surface area contributed by atoms with E-state index >= 15 is 0 Å². The molecule has 1 atom stereocenters. The average molecular weight is 256 g/mol. The fourth-order valence-electron chi connectivity index (χ4n) is 2.13. The third kappa shape index (κ3) is 5.71. The molecule has 1 aliphatic rings. The van der Waals surface area contributed by atoms with Gasteiger partial charge in [-0.15, -0.1) is 0 Å². The van der Waals surface area contributed by atoms with Crippen molar-refractivity contribution in [1.29, 1.82) is 0 Å². The van der Waals surface area contributed by atoms with Crippen LogP contribution in [0.4, 0.5) is 4.79 Å². The predicted molar refractivity (Wildman–Crippen MR) is 73.6 cm³/mol. The van der Waals surface area contributed by atoms with Crippen LogP contribution in [0.15, 0.2) is 0 Å². The molecule has 0 aliphatic carbocycles. The van der Waals surface area contributed by atoms with Gasteiger partial charge in [0.25, 0.3) is 0 Å². The van der Waals surface area contributed by atoms with Gasteiger partial charge < -0.3 is 15.0 Å². The second kappa shape index (κ2) is 7.62. The Morgan fingerprint density at radius 3 is 2.72 bits per heavy atom. The molecule has 106 valence electrons. The maximum absolute atomic E-state index is 11.9. The van der Waals surface area contributed by atoms with Gasteiger partial charge in [-0.1, -0.05) is 27.7 Å². The van der Waals surface area contributed by atoms with Crippen molar-refractivity contribution in [3.05, 3.63) is 0 Å². The average Bonchev–Trinajstić information content (AvgIpc) is 2.33. The van der Waals surface area contributed by atoms with Crippen LogP contribution < -0.4 is 5.32 Å². The molecule has 18 heavy (non-hydrogen) atoms. The Bertz CT molecular complexity index is 254. The maximum atomic E-state index is 11.9. The molecule has 0 radical (unpaired) electrons. The number of ether oxygens (including phenoxy) is 1. The normalized spacial score (nSPS) is 20.6. The molecule has 1 saturated heterocycles. The third-order valence-electron chi connectivity index (χ3n) is 3.13. The summed E-state index contributed by atoms with van der Waals surface area (Å²) in [5.74, 6) is 0.963. The number of hydrogen-bond acceptors (Lipinski definition) is 3. The van der Waals surface area contributed by atoms with Gasteiger partial charge >= 0.3 is 6.09 Å². The zero-order chi connectivity index (χ0) is 13.5. The molecule has 1 unspecified atom stereocenters. The quantitative estimate of drug-likeness (QED) is 0.821. The minimum Gasteiger partial charge on any atom is -0.449 e. The number of rotatable bonds is 5. The van der Waals surface area contributed by atoms with Crippen LogP contribution in [0.25, 0.3) is 0 Å².